The predicted octanol–water partition coefficient (Wildman–Crippen LogP) is 1.04. The van der Waals surface area contributed by atoms with E-state index in [2.05, 4.69) is 38.7 Å². The average molecular weight is 474 g/mol. The number of tetrazole rings is 1. The Hall–Kier alpha value is -3.63. The minimum atomic E-state index is -0.226. The fraction of sp³-hybridized carbons (Fsp3) is 0.400. The van der Waals surface area contributed by atoms with Gasteiger partial charge in [0.05, 0.1) is 17.7 Å². The van der Waals surface area contributed by atoms with Crippen LogP contribution in [0.3, 0.4) is 0 Å². The second-order valence-corrected chi connectivity index (χ2v) is 9.43. The van der Waals surface area contributed by atoms with Crippen LogP contribution in [0.2, 0.25) is 0 Å². The summed E-state index contributed by atoms with van der Waals surface area (Å²) in [7, 11) is 0. The Bertz CT molecular complexity index is 1260. The fourth-order valence-corrected chi connectivity index (χ4v) is 5.42. The van der Waals surface area contributed by atoms with Crippen molar-refractivity contribution in [3.8, 4) is 5.69 Å². The normalized spacial score (nSPS) is 22.0. The van der Waals surface area contributed by atoms with E-state index in [0.29, 0.717) is 24.6 Å². The molecule has 6 rings (SSSR count). The SMILES string of the molecule is Cc1c(C2CN3CCN(C(=O)Cc4ccc(-n5cnnn5)cc4)CC3CN2)ccc2c1COC2=O. The van der Waals surface area contributed by atoms with Crippen molar-refractivity contribution in [2.24, 2.45) is 0 Å². The van der Waals surface area contributed by atoms with Crippen molar-refractivity contribution >= 4 is 11.9 Å². The number of fused-ring (bicyclic) bond motifs is 2. The first-order valence-electron chi connectivity index (χ1n) is 11.9. The highest BCUT2D eigenvalue weighted by Gasteiger charge is 2.36. The van der Waals surface area contributed by atoms with Crippen molar-refractivity contribution in [1.82, 2.24) is 35.3 Å². The van der Waals surface area contributed by atoms with Crippen LogP contribution in [0.5, 0.6) is 0 Å². The Morgan fingerprint density at radius 2 is 2.00 bits per heavy atom. The zero-order valence-corrected chi connectivity index (χ0v) is 19.6. The number of hydrogen-bond donors (Lipinski definition) is 1. The van der Waals surface area contributed by atoms with E-state index in [9.17, 15) is 9.59 Å². The maximum atomic E-state index is 13.0. The number of amides is 1. The standard InChI is InChI=1S/C25H27N7O3/c1-16-20(6-7-21-22(16)14-35-25(21)34)23-13-30-8-9-31(12-19(30)11-26-23)24(33)10-17-2-4-18(5-3-17)32-15-27-28-29-32/h2-7,15,19,23,26H,8-14H2,1H3. The van der Waals surface area contributed by atoms with Crippen molar-refractivity contribution in [1.29, 1.82) is 0 Å². The Balaban J connectivity index is 1.07. The van der Waals surface area contributed by atoms with Gasteiger partial charge in [-0.2, -0.15) is 0 Å². The van der Waals surface area contributed by atoms with Crippen molar-refractivity contribution in [3.05, 3.63) is 70.5 Å². The van der Waals surface area contributed by atoms with Crippen LogP contribution >= 0.6 is 0 Å². The Morgan fingerprint density at radius 1 is 1.14 bits per heavy atom. The molecular formula is C25H27N7O3. The zero-order valence-electron chi connectivity index (χ0n) is 19.6. The molecule has 3 aliphatic heterocycles. The lowest BCUT2D eigenvalue weighted by molar-refractivity contribution is -0.134. The molecule has 2 aromatic carbocycles. The number of cyclic esters (lactones) is 1. The van der Waals surface area contributed by atoms with E-state index < -0.39 is 0 Å². The third kappa shape index (κ3) is 4.08. The number of ether oxygens (including phenoxy) is 1. The van der Waals surface area contributed by atoms with E-state index >= 15 is 0 Å². The van der Waals surface area contributed by atoms with E-state index in [1.807, 2.05) is 35.2 Å². The summed E-state index contributed by atoms with van der Waals surface area (Å²) in [5.74, 6) is -0.0726. The number of esters is 1. The number of nitrogens with one attached hydrogen (secondary N) is 1. The first-order chi connectivity index (χ1) is 17.1. The van der Waals surface area contributed by atoms with Gasteiger partial charge in [0.1, 0.15) is 12.9 Å². The summed E-state index contributed by atoms with van der Waals surface area (Å²) in [6.07, 6.45) is 1.93. The van der Waals surface area contributed by atoms with E-state index in [1.54, 1.807) is 11.0 Å². The minimum absolute atomic E-state index is 0.154. The molecule has 0 saturated carbocycles. The largest absolute Gasteiger partial charge is 0.457 e. The Kier molecular flexibility index (Phi) is 5.54. The van der Waals surface area contributed by atoms with Crippen LogP contribution in [-0.2, 0) is 22.6 Å². The summed E-state index contributed by atoms with van der Waals surface area (Å²) in [4.78, 5) is 29.4. The van der Waals surface area contributed by atoms with Crippen LogP contribution in [0.1, 0.15) is 38.7 Å². The van der Waals surface area contributed by atoms with Crippen molar-refractivity contribution in [2.45, 2.75) is 32.0 Å². The van der Waals surface area contributed by atoms with Gasteiger partial charge in [-0.25, -0.2) is 9.48 Å². The van der Waals surface area contributed by atoms with E-state index in [4.69, 9.17) is 4.74 Å². The van der Waals surface area contributed by atoms with Crippen LogP contribution in [-0.4, -0.2) is 80.6 Å². The van der Waals surface area contributed by atoms with E-state index in [-0.39, 0.29) is 17.9 Å². The molecule has 1 N–H and O–H groups in total. The molecule has 4 heterocycles. The fourth-order valence-electron chi connectivity index (χ4n) is 5.42. The summed E-state index contributed by atoms with van der Waals surface area (Å²) in [6, 6.07) is 12.2. The number of aromatic nitrogens is 4. The third-order valence-electron chi connectivity index (χ3n) is 7.46. The number of hydrogen-bond acceptors (Lipinski definition) is 8. The summed E-state index contributed by atoms with van der Waals surface area (Å²) in [5, 5.41) is 14.9. The first-order valence-corrected chi connectivity index (χ1v) is 11.9. The molecule has 3 aliphatic rings. The zero-order chi connectivity index (χ0) is 23.9. The molecule has 10 heteroatoms. The van der Waals surface area contributed by atoms with Gasteiger partial charge in [-0.3, -0.25) is 9.69 Å². The maximum Gasteiger partial charge on any atom is 0.338 e. The quantitative estimate of drug-likeness (QED) is 0.561. The van der Waals surface area contributed by atoms with Gasteiger partial charge in [-0.05, 0) is 52.2 Å². The first kappa shape index (κ1) is 21.9. The lowest BCUT2D eigenvalue weighted by Crippen LogP contribution is -2.62. The molecule has 0 aliphatic carbocycles. The van der Waals surface area contributed by atoms with Crippen molar-refractivity contribution in [2.75, 3.05) is 32.7 Å². The Morgan fingerprint density at radius 3 is 2.80 bits per heavy atom. The van der Waals surface area contributed by atoms with Crippen LogP contribution < -0.4 is 5.32 Å². The molecule has 0 bridgehead atoms. The highest BCUT2D eigenvalue weighted by atomic mass is 16.5. The molecule has 2 saturated heterocycles. The lowest BCUT2D eigenvalue weighted by Gasteiger charge is -2.47. The summed E-state index contributed by atoms with van der Waals surface area (Å²) >= 11 is 0. The third-order valence-corrected chi connectivity index (χ3v) is 7.46. The van der Waals surface area contributed by atoms with Crippen molar-refractivity contribution < 1.29 is 14.3 Å². The molecule has 2 atom stereocenters. The number of carbonyl (C=O) groups is 2. The number of rotatable bonds is 4. The summed E-state index contributed by atoms with van der Waals surface area (Å²) in [6.45, 7) is 6.47. The number of piperazine rings is 2. The monoisotopic (exact) mass is 473 g/mol. The number of carbonyl (C=O) groups excluding carboxylic acids is 2. The van der Waals surface area contributed by atoms with Gasteiger partial charge in [-0.15, -0.1) is 5.10 Å². The molecule has 3 aromatic rings. The minimum Gasteiger partial charge on any atom is -0.457 e. The summed E-state index contributed by atoms with van der Waals surface area (Å²) < 4.78 is 6.80. The molecule has 35 heavy (non-hydrogen) atoms. The molecule has 2 fully saturated rings. The van der Waals surface area contributed by atoms with E-state index in [0.717, 1.165) is 55.1 Å². The smallest absolute Gasteiger partial charge is 0.338 e. The molecular weight excluding hydrogens is 446 g/mol. The van der Waals surface area contributed by atoms with E-state index in [1.165, 1.54) is 5.56 Å². The van der Waals surface area contributed by atoms with Gasteiger partial charge in [0.2, 0.25) is 5.91 Å². The predicted molar refractivity (Wildman–Crippen MR) is 126 cm³/mol. The second kappa shape index (κ2) is 8.86. The van der Waals surface area contributed by atoms with Gasteiger partial charge in [0, 0.05) is 50.4 Å². The highest BCUT2D eigenvalue weighted by molar-refractivity contribution is 5.94. The molecule has 0 radical (unpaired) electrons. The van der Waals surface area contributed by atoms with Gasteiger partial charge in [-0.1, -0.05) is 18.2 Å². The topological polar surface area (TPSA) is 105 Å². The average Bonchev–Trinajstić information content (AvgIpc) is 3.55. The van der Waals surface area contributed by atoms with Crippen LogP contribution in [0.25, 0.3) is 5.69 Å². The Labute approximate surface area is 202 Å². The van der Waals surface area contributed by atoms with Crippen molar-refractivity contribution in [3.63, 3.8) is 0 Å². The molecule has 1 amide bonds. The van der Waals surface area contributed by atoms with Crippen LogP contribution in [0.4, 0.5) is 0 Å². The lowest BCUT2D eigenvalue weighted by atomic mass is 9.92. The van der Waals surface area contributed by atoms with Gasteiger partial charge < -0.3 is 15.0 Å². The second-order valence-electron chi connectivity index (χ2n) is 9.43. The molecule has 10 nitrogen and oxygen atoms in total. The highest BCUT2D eigenvalue weighted by Crippen LogP contribution is 2.31. The molecule has 0 spiro atoms. The molecule has 1 aromatic heterocycles. The maximum absolute atomic E-state index is 13.0. The molecule has 180 valence electrons. The van der Waals surface area contributed by atoms with Crippen LogP contribution in [0, 0.1) is 6.92 Å². The summed E-state index contributed by atoms with van der Waals surface area (Å²) in [5.41, 5.74) is 5.91. The number of nitrogens with zero attached hydrogens (tertiary/aromatic N) is 6. The van der Waals surface area contributed by atoms with Gasteiger partial charge in [0.15, 0.2) is 0 Å². The molecule has 2 unspecified atom stereocenters. The number of benzene rings is 2. The van der Waals surface area contributed by atoms with Gasteiger partial charge in [0.25, 0.3) is 0 Å². The van der Waals surface area contributed by atoms with Gasteiger partial charge >= 0.3 is 5.97 Å². The van der Waals surface area contributed by atoms with Crippen LogP contribution in [0.15, 0.2) is 42.7 Å².